The van der Waals surface area contributed by atoms with Crippen LogP contribution in [0.3, 0.4) is 0 Å². The van der Waals surface area contributed by atoms with Crippen LogP contribution in [0.25, 0.3) is 0 Å². The number of nitrogens with zero attached hydrogens (tertiary/aromatic N) is 2. The molecule has 0 atom stereocenters. The van der Waals surface area contributed by atoms with E-state index in [0.29, 0.717) is 10.2 Å². The van der Waals surface area contributed by atoms with Crippen molar-refractivity contribution in [2.75, 3.05) is 25.1 Å². The highest BCUT2D eigenvalue weighted by atomic mass is 79.9. The molecule has 0 bridgehead atoms. The number of nitro groups is 1. The molecule has 0 saturated carbocycles. The van der Waals surface area contributed by atoms with Crippen molar-refractivity contribution in [2.24, 2.45) is 5.92 Å². The highest BCUT2D eigenvalue weighted by molar-refractivity contribution is 9.10. The molecule has 0 amide bonds. The van der Waals surface area contributed by atoms with E-state index >= 15 is 0 Å². The van der Waals surface area contributed by atoms with Gasteiger partial charge in [-0.15, -0.1) is 0 Å². The maximum absolute atomic E-state index is 10.9. The lowest BCUT2D eigenvalue weighted by Crippen LogP contribution is -2.33. The molecule has 0 aromatic heterocycles. The zero-order valence-corrected chi connectivity index (χ0v) is 12.6. The van der Waals surface area contributed by atoms with Crippen molar-refractivity contribution in [3.63, 3.8) is 0 Å². The first-order chi connectivity index (χ1) is 9.02. The van der Waals surface area contributed by atoms with E-state index in [2.05, 4.69) is 27.8 Å². The van der Waals surface area contributed by atoms with Gasteiger partial charge in [0.15, 0.2) is 0 Å². The summed E-state index contributed by atoms with van der Waals surface area (Å²) < 4.78 is 6.04. The average Bonchev–Trinajstić information content (AvgIpc) is 2.39. The standard InChI is InChI=1S/C13H17BrN2O3/c1-9-3-5-15(6-4-9)13-11(14)7-10(16(17)18)8-12(13)19-2/h7-9H,3-6H2,1-2H3. The van der Waals surface area contributed by atoms with Crippen molar-refractivity contribution in [3.05, 3.63) is 26.7 Å². The Morgan fingerprint density at radius 1 is 1.42 bits per heavy atom. The topological polar surface area (TPSA) is 55.6 Å². The molecule has 1 aromatic rings. The van der Waals surface area contributed by atoms with Gasteiger partial charge in [0.2, 0.25) is 0 Å². The Hall–Kier alpha value is -1.30. The number of methoxy groups -OCH3 is 1. The lowest BCUT2D eigenvalue weighted by molar-refractivity contribution is -0.385. The van der Waals surface area contributed by atoms with Gasteiger partial charge in [-0.25, -0.2) is 0 Å². The molecule has 0 spiro atoms. The summed E-state index contributed by atoms with van der Waals surface area (Å²) in [4.78, 5) is 12.7. The smallest absolute Gasteiger partial charge is 0.274 e. The first-order valence-electron chi connectivity index (χ1n) is 6.29. The van der Waals surface area contributed by atoms with Gasteiger partial charge in [0.25, 0.3) is 5.69 Å². The number of nitro benzene ring substituents is 1. The molecule has 1 heterocycles. The number of halogens is 1. The molecule has 1 aliphatic rings. The number of hydrogen-bond donors (Lipinski definition) is 0. The molecule has 1 fully saturated rings. The molecule has 0 unspecified atom stereocenters. The quantitative estimate of drug-likeness (QED) is 0.628. The van der Waals surface area contributed by atoms with Crippen LogP contribution in [0.15, 0.2) is 16.6 Å². The lowest BCUT2D eigenvalue weighted by atomic mass is 9.98. The normalized spacial score (nSPS) is 16.5. The number of anilines is 1. The first-order valence-corrected chi connectivity index (χ1v) is 7.09. The van der Waals surface area contributed by atoms with E-state index in [4.69, 9.17) is 4.74 Å². The summed E-state index contributed by atoms with van der Waals surface area (Å²) >= 11 is 3.43. The average molecular weight is 329 g/mol. The van der Waals surface area contributed by atoms with Gasteiger partial charge in [-0.05, 0) is 34.7 Å². The van der Waals surface area contributed by atoms with Crippen LogP contribution >= 0.6 is 15.9 Å². The van der Waals surface area contributed by atoms with Crippen molar-refractivity contribution in [1.82, 2.24) is 0 Å². The van der Waals surface area contributed by atoms with Gasteiger partial charge in [-0.2, -0.15) is 0 Å². The summed E-state index contributed by atoms with van der Waals surface area (Å²) in [6.45, 7) is 4.15. The van der Waals surface area contributed by atoms with E-state index in [1.807, 2.05) is 0 Å². The summed E-state index contributed by atoms with van der Waals surface area (Å²) in [7, 11) is 1.54. The summed E-state index contributed by atoms with van der Waals surface area (Å²) in [5, 5.41) is 10.9. The fourth-order valence-corrected chi connectivity index (χ4v) is 3.04. The molecule has 0 aliphatic carbocycles. The van der Waals surface area contributed by atoms with E-state index in [-0.39, 0.29) is 5.69 Å². The second kappa shape index (κ2) is 5.77. The van der Waals surface area contributed by atoms with Crippen molar-refractivity contribution in [1.29, 1.82) is 0 Å². The monoisotopic (exact) mass is 328 g/mol. The minimum absolute atomic E-state index is 0.0397. The van der Waals surface area contributed by atoms with Crippen LogP contribution in [0.4, 0.5) is 11.4 Å². The Balaban J connectivity index is 2.36. The largest absolute Gasteiger partial charge is 0.494 e. The minimum Gasteiger partial charge on any atom is -0.494 e. The molecule has 1 aliphatic heterocycles. The fourth-order valence-electron chi connectivity index (χ4n) is 2.36. The summed E-state index contributed by atoms with van der Waals surface area (Å²) in [6, 6.07) is 3.02. The molecule has 104 valence electrons. The first kappa shape index (κ1) is 14.1. The third-order valence-electron chi connectivity index (χ3n) is 3.54. The van der Waals surface area contributed by atoms with Gasteiger partial charge < -0.3 is 9.64 Å². The molecule has 5 nitrogen and oxygen atoms in total. The molecular weight excluding hydrogens is 312 g/mol. The number of hydrogen-bond acceptors (Lipinski definition) is 4. The summed E-state index contributed by atoms with van der Waals surface area (Å²) in [5.41, 5.74) is 0.956. The van der Waals surface area contributed by atoms with Crippen molar-refractivity contribution in [2.45, 2.75) is 19.8 Å². The van der Waals surface area contributed by atoms with Gasteiger partial charge in [0, 0.05) is 19.2 Å². The minimum atomic E-state index is -0.407. The Morgan fingerprint density at radius 3 is 2.58 bits per heavy atom. The van der Waals surface area contributed by atoms with Crippen LogP contribution in [-0.4, -0.2) is 25.1 Å². The molecule has 1 saturated heterocycles. The second-order valence-corrected chi connectivity index (χ2v) is 5.76. The van der Waals surface area contributed by atoms with Crippen LogP contribution in [0.2, 0.25) is 0 Å². The number of non-ortho nitro benzene ring substituents is 1. The van der Waals surface area contributed by atoms with Gasteiger partial charge in [0.05, 0.1) is 28.3 Å². The molecule has 1 aromatic carbocycles. The third-order valence-corrected chi connectivity index (χ3v) is 4.15. The second-order valence-electron chi connectivity index (χ2n) is 4.91. The lowest BCUT2D eigenvalue weighted by Gasteiger charge is -2.33. The van der Waals surface area contributed by atoms with E-state index < -0.39 is 4.92 Å². The predicted octanol–water partition coefficient (Wildman–Crippen LogP) is 3.60. The number of benzene rings is 1. The Labute approximate surface area is 120 Å². The van der Waals surface area contributed by atoms with E-state index in [0.717, 1.165) is 37.5 Å². The van der Waals surface area contributed by atoms with Crippen molar-refractivity contribution < 1.29 is 9.66 Å². The highest BCUT2D eigenvalue weighted by Crippen LogP contribution is 2.40. The van der Waals surface area contributed by atoms with Crippen LogP contribution in [0, 0.1) is 16.0 Å². The Bertz CT molecular complexity index is 485. The molecule has 2 rings (SSSR count). The van der Waals surface area contributed by atoms with Gasteiger partial charge in [-0.1, -0.05) is 6.92 Å². The fraction of sp³-hybridized carbons (Fsp3) is 0.538. The van der Waals surface area contributed by atoms with Crippen LogP contribution in [0.5, 0.6) is 5.75 Å². The third kappa shape index (κ3) is 3.00. The van der Waals surface area contributed by atoms with Gasteiger partial charge >= 0.3 is 0 Å². The molecule has 19 heavy (non-hydrogen) atoms. The Kier molecular flexibility index (Phi) is 4.29. The maximum atomic E-state index is 10.9. The van der Waals surface area contributed by atoms with E-state index in [9.17, 15) is 10.1 Å². The van der Waals surface area contributed by atoms with E-state index in [1.165, 1.54) is 12.1 Å². The number of rotatable bonds is 3. The van der Waals surface area contributed by atoms with Crippen LogP contribution < -0.4 is 9.64 Å². The van der Waals surface area contributed by atoms with Crippen LogP contribution in [0.1, 0.15) is 19.8 Å². The van der Waals surface area contributed by atoms with Gasteiger partial charge in [-0.3, -0.25) is 10.1 Å². The number of piperidine rings is 1. The Morgan fingerprint density at radius 2 is 2.05 bits per heavy atom. The van der Waals surface area contributed by atoms with Crippen molar-refractivity contribution in [3.8, 4) is 5.75 Å². The predicted molar refractivity (Wildman–Crippen MR) is 78.0 cm³/mol. The van der Waals surface area contributed by atoms with Gasteiger partial charge in [0.1, 0.15) is 5.75 Å². The zero-order chi connectivity index (χ0) is 14.0. The van der Waals surface area contributed by atoms with E-state index in [1.54, 1.807) is 7.11 Å². The highest BCUT2D eigenvalue weighted by Gasteiger charge is 2.23. The SMILES string of the molecule is COc1cc([N+](=O)[O-])cc(Br)c1N1CCC(C)CC1. The summed E-state index contributed by atoms with van der Waals surface area (Å²) in [5.74, 6) is 1.29. The van der Waals surface area contributed by atoms with Crippen LogP contribution in [-0.2, 0) is 0 Å². The van der Waals surface area contributed by atoms with Crippen molar-refractivity contribution >= 4 is 27.3 Å². The molecule has 0 radical (unpaired) electrons. The molecule has 0 N–H and O–H groups in total. The maximum Gasteiger partial charge on any atom is 0.274 e. The number of ether oxygens (including phenoxy) is 1. The molecular formula is C13H17BrN2O3. The summed E-state index contributed by atoms with van der Waals surface area (Å²) in [6.07, 6.45) is 2.26. The molecule has 6 heteroatoms. The zero-order valence-electron chi connectivity index (χ0n) is 11.1.